The van der Waals surface area contributed by atoms with Crippen molar-refractivity contribution in [2.75, 3.05) is 6.54 Å². The lowest BCUT2D eigenvalue weighted by Crippen LogP contribution is -2.57. The molecule has 1 spiro atoms. The smallest absolute Gasteiger partial charge is 0.411 e. The zero-order valence-electron chi connectivity index (χ0n) is 28.5. The van der Waals surface area contributed by atoms with Gasteiger partial charge in [0.2, 0.25) is 15.9 Å². The number of halogens is 1. The third kappa shape index (κ3) is 7.44. The lowest BCUT2D eigenvalue weighted by atomic mass is 10.1. The summed E-state index contributed by atoms with van der Waals surface area (Å²) >= 11 is 0. The van der Waals surface area contributed by atoms with Crippen molar-refractivity contribution in [1.82, 2.24) is 19.8 Å². The van der Waals surface area contributed by atoms with E-state index >= 15 is 0 Å². The number of benzene rings is 1. The van der Waals surface area contributed by atoms with E-state index in [1.807, 2.05) is 12.2 Å². The minimum atomic E-state index is -4.00. The number of rotatable bonds is 3. The molecule has 0 radical (unpaired) electrons. The van der Waals surface area contributed by atoms with Crippen LogP contribution in [-0.4, -0.2) is 76.8 Å². The Morgan fingerprint density at radius 3 is 2.47 bits per heavy atom. The second-order valence-electron chi connectivity index (χ2n) is 15.2. The molecule has 4 atom stereocenters. The number of hydrogen-bond acceptors (Lipinski definition) is 8. The van der Waals surface area contributed by atoms with Crippen LogP contribution in [0.15, 0.2) is 30.4 Å². The first-order valence-electron chi connectivity index (χ1n) is 17.4. The molecule has 4 amide bonds. The molecule has 1 aromatic carbocycles. The Labute approximate surface area is 287 Å². The van der Waals surface area contributed by atoms with Gasteiger partial charge in [-0.1, -0.05) is 50.0 Å². The van der Waals surface area contributed by atoms with Crippen LogP contribution in [0.25, 0.3) is 0 Å². The molecule has 1 aromatic rings. The molecule has 14 heteroatoms. The second kappa shape index (κ2) is 13.2. The highest BCUT2D eigenvalue weighted by molar-refractivity contribution is 7.91. The summed E-state index contributed by atoms with van der Waals surface area (Å²) in [4.78, 5) is 57.0. The monoisotopic (exact) mass is 702 g/mol. The summed E-state index contributed by atoms with van der Waals surface area (Å²) in [5.41, 5.74) is -1.32. The molecular weight excluding hydrogens is 655 g/mol. The summed E-state index contributed by atoms with van der Waals surface area (Å²) in [5.74, 6) is -2.31. The second-order valence-corrected chi connectivity index (χ2v) is 17.3. The van der Waals surface area contributed by atoms with Crippen molar-refractivity contribution >= 4 is 34.0 Å². The minimum absolute atomic E-state index is 0.0317. The standard InChI is InChI=1S/C35H47FN4O8S/c1-33(2,3)48-32(44)40-21-25(47-31(43)39-20-23-12-11-14-27(36)26(23)22-39)18-28(40)29(41)37-35-19-24(35)13-9-7-5-4-6-8-10-15-34(16-17-34)49(45,46)38-30(35)42/h9,11-14,24-25,28H,4-8,10,15-22H2,1-3H3,(H,37,41)(H,38,42)/b13-9+/t24-,25-,28+,35-/m1/s1. The maximum Gasteiger partial charge on any atom is 0.411 e. The van der Waals surface area contributed by atoms with Gasteiger partial charge in [-0.05, 0) is 70.9 Å². The molecule has 49 heavy (non-hydrogen) atoms. The normalized spacial score (nSPS) is 29.8. The van der Waals surface area contributed by atoms with E-state index < -0.39 is 73.8 Å². The number of ether oxygens (including phenoxy) is 2. The van der Waals surface area contributed by atoms with Crippen molar-refractivity contribution in [3.63, 3.8) is 0 Å². The van der Waals surface area contributed by atoms with Crippen LogP contribution >= 0.6 is 0 Å². The van der Waals surface area contributed by atoms with Crippen LogP contribution in [0.2, 0.25) is 0 Å². The summed E-state index contributed by atoms with van der Waals surface area (Å²) in [6.07, 6.45) is 8.57. The van der Waals surface area contributed by atoms with E-state index in [-0.39, 0.29) is 32.5 Å². The van der Waals surface area contributed by atoms with Gasteiger partial charge in [-0.3, -0.25) is 24.1 Å². The van der Waals surface area contributed by atoms with Crippen LogP contribution in [0.4, 0.5) is 14.0 Å². The average Bonchev–Trinajstić information content (AvgIpc) is 3.84. The van der Waals surface area contributed by atoms with Crippen molar-refractivity contribution < 1.29 is 41.5 Å². The minimum Gasteiger partial charge on any atom is -0.444 e. The zero-order valence-corrected chi connectivity index (χ0v) is 29.3. The van der Waals surface area contributed by atoms with Gasteiger partial charge in [-0.15, -0.1) is 0 Å². The molecule has 0 unspecified atom stereocenters. The average molecular weight is 703 g/mol. The van der Waals surface area contributed by atoms with Crippen molar-refractivity contribution in [2.45, 2.75) is 133 Å². The van der Waals surface area contributed by atoms with Crippen molar-refractivity contribution in [3.8, 4) is 0 Å². The molecule has 3 heterocycles. The van der Waals surface area contributed by atoms with E-state index in [4.69, 9.17) is 9.47 Å². The highest BCUT2D eigenvalue weighted by Gasteiger charge is 2.63. The molecule has 5 aliphatic rings. The molecule has 3 aliphatic heterocycles. The first-order chi connectivity index (χ1) is 23.1. The fourth-order valence-corrected chi connectivity index (χ4v) is 8.98. The molecule has 2 saturated carbocycles. The topological polar surface area (TPSA) is 151 Å². The third-order valence-electron chi connectivity index (χ3n) is 10.4. The molecule has 6 rings (SSSR count). The van der Waals surface area contributed by atoms with Crippen LogP contribution < -0.4 is 10.0 Å². The van der Waals surface area contributed by atoms with Gasteiger partial charge in [0.15, 0.2) is 0 Å². The van der Waals surface area contributed by atoms with E-state index in [0.717, 1.165) is 38.5 Å². The highest BCUT2D eigenvalue weighted by atomic mass is 32.2. The molecule has 2 N–H and O–H groups in total. The Hall–Kier alpha value is -3.68. The molecule has 0 aromatic heterocycles. The van der Waals surface area contributed by atoms with Gasteiger partial charge in [-0.2, -0.15) is 0 Å². The van der Waals surface area contributed by atoms with Gasteiger partial charge in [0.25, 0.3) is 5.91 Å². The Morgan fingerprint density at radius 2 is 1.76 bits per heavy atom. The molecular formula is C35H47FN4O8S. The number of hydrogen-bond donors (Lipinski definition) is 2. The summed E-state index contributed by atoms with van der Waals surface area (Å²) < 4.78 is 54.0. The Kier molecular flexibility index (Phi) is 9.48. The zero-order chi connectivity index (χ0) is 35.2. The van der Waals surface area contributed by atoms with E-state index in [9.17, 15) is 32.0 Å². The quantitative estimate of drug-likeness (QED) is 0.426. The molecule has 268 valence electrons. The number of nitrogens with one attached hydrogen (secondary N) is 2. The van der Waals surface area contributed by atoms with Gasteiger partial charge < -0.3 is 14.8 Å². The van der Waals surface area contributed by atoms with Crippen molar-refractivity contribution in [2.24, 2.45) is 5.92 Å². The number of carbonyl (C=O) groups is 4. The lowest BCUT2D eigenvalue weighted by molar-refractivity contribution is -0.131. The van der Waals surface area contributed by atoms with Crippen LogP contribution in [0, 0.1) is 11.7 Å². The summed E-state index contributed by atoms with van der Waals surface area (Å²) in [6.45, 7) is 5.11. The maximum atomic E-state index is 14.3. The maximum absolute atomic E-state index is 14.3. The fraction of sp³-hybridized carbons (Fsp3) is 0.657. The Morgan fingerprint density at radius 1 is 1.02 bits per heavy atom. The van der Waals surface area contributed by atoms with E-state index in [1.165, 1.54) is 15.9 Å². The molecule has 12 nitrogen and oxygen atoms in total. The largest absolute Gasteiger partial charge is 0.444 e. The van der Waals surface area contributed by atoms with Crippen LogP contribution in [0.5, 0.6) is 0 Å². The summed E-state index contributed by atoms with van der Waals surface area (Å²) in [6, 6.07) is 3.48. The van der Waals surface area contributed by atoms with Crippen LogP contribution in [0.3, 0.4) is 0 Å². The van der Waals surface area contributed by atoms with Crippen molar-refractivity contribution in [3.05, 3.63) is 47.3 Å². The number of allylic oxidation sites excluding steroid dienone is 1. The Bertz CT molecular complexity index is 1640. The number of amides is 4. The number of nitrogens with zero attached hydrogens (tertiary/aromatic N) is 2. The van der Waals surface area contributed by atoms with Gasteiger partial charge in [0.05, 0.1) is 17.8 Å². The molecule has 2 aliphatic carbocycles. The van der Waals surface area contributed by atoms with Crippen molar-refractivity contribution in [1.29, 1.82) is 0 Å². The molecule has 3 fully saturated rings. The van der Waals surface area contributed by atoms with Crippen LogP contribution in [-0.2, 0) is 42.2 Å². The van der Waals surface area contributed by atoms with E-state index in [1.54, 1.807) is 32.9 Å². The lowest BCUT2D eigenvalue weighted by Gasteiger charge is -2.29. The number of likely N-dealkylation sites (tertiary alicyclic amines) is 1. The summed E-state index contributed by atoms with van der Waals surface area (Å²) in [5, 5.41) is 2.82. The molecule has 1 saturated heterocycles. The summed E-state index contributed by atoms with van der Waals surface area (Å²) in [7, 11) is -4.00. The van der Waals surface area contributed by atoms with Gasteiger partial charge >= 0.3 is 12.2 Å². The van der Waals surface area contributed by atoms with E-state index in [0.29, 0.717) is 30.4 Å². The van der Waals surface area contributed by atoms with Gasteiger partial charge in [0, 0.05) is 24.4 Å². The number of carbonyl (C=O) groups excluding carboxylic acids is 4. The van der Waals surface area contributed by atoms with Crippen LogP contribution in [0.1, 0.15) is 103 Å². The molecule has 0 bridgehead atoms. The first-order valence-corrected chi connectivity index (χ1v) is 18.9. The third-order valence-corrected chi connectivity index (χ3v) is 12.6. The number of fused-ring (bicyclic) bond motifs is 2. The number of sulfonamides is 1. The van der Waals surface area contributed by atoms with Gasteiger partial charge in [0.1, 0.15) is 29.1 Å². The fourth-order valence-electron chi connectivity index (χ4n) is 7.28. The van der Waals surface area contributed by atoms with E-state index in [2.05, 4.69) is 10.0 Å². The predicted molar refractivity (Wildman–Crippen MR) is 177 cm³/mol. The Balaban J connectivity index is 1.19. The van der Waals surface area contributed by atoms with Gasteiger partial charge in [-0.25, -0.2) is 22.4 Å². The SMILES string of the molecule is CC(C)(C)OC(=O)N1C[C@H](OC(=O)N2Cc3cccc(F)c3C2)C[C@H]1C(=O)N[C@]12C[C@H]1/C=C/CCCCCCCC1(CC1)S(=O)(=O)NC2=O. The predicted octanol–water partition coefficient (Wildman–Crippen LogP) is 4.81. The highest BCUT2D eigenvalue weighted by Crippen LogP contribution is 2.49. The first kappa shape index (κ1) is 35.2.